The number of aromatic nitrogens is 1. The minimum atomic E-state index is -0.298. The Kier molecular flexibility index (Phi) is 6.55. The van der Waals surface area contributed by atoms with Gasteiger partial charge in [-0.3, -0.25) is 14.7 Å². The smallest absolute Gasteiger partial charge is 0.253 e. The van der Waals surface area contributed by atoms with Gasteiger partial charge in [-0.1, -0.05) is 12.1 Å². The van der Waals surface area contributed by atoms with Crippen LogP contribution in [0.2, 0.25) is 0 Å². The maximum atomic E-state index is 13.4. The molecule has 4 nitrogen and oxygen atoms in total. The second-order valence-corrected chi connectivity index (χ2v) is 8.66. The van der Waals surface area contributed by atoms with Crippen LogP contribution in [0.5, 0.6) is 0 Å². The van der Waals surface area contributed by atoms with Crippen LogP contribution >= 0.6 is 11.3 Å². The molecule has 1 aliphatic heterocycles. The first-order chi connectivity index (χ1) is 14.6. The van der Waals surface area contributed by atoms with Crippen molar-refractivity contribution in [3.05, 3.63) is 87.1 Å². The average molecular weight is 424 g/mol. The van der Waals surface area contributed by atoms with Crippen molar-refractivity contribution in [1.82, 2.24) is 15.2 Å². The highest BCUT2D eigenvalue weighted by molar-refractivity contribution is 7.07. The number of likely N-dealkylation sites (tertiary alicyclic amines) is 1. The molecule has 0 aliphatic carbocycles. The first-order valence-electron chi connectivity index (χ1n) is 10.3. The number of aryl methyl sites for hydroxylation is 1. The predicted octanol–water partition coefficient (Wildman–Crippen LogP) is 4.90. The number of pyridine rings is 1. The first kappa shape index (κ1) is 20.7. The third-order valence-corrected chi connectivity index (χ3v) is 6.34. The number of amides is 1. The number of nitrogens with zero attached hydrogens (tertiary/aromatic N) is 2. The van der Waals surface area contributed by atoms with Gasteiger partial charge in [0.05, 0.1) is 11.3 Å². The van der Waals surface area contributed by atoms with Gasteiger partial charge in [0.15, 0.2) is 0 Å². The molecule has 1 aliphatic rings. The van der Waals surface area contributed by atoms with E-state index in [2.05, 4.69) is 27.0 Å². The largest absolute Gasteiger partial charge is 0.348 e. The molecular formula is C24H26FN3OS. The lowest BCUT2D eigenvalue weighted by Gasteiger charge is -2.32. The molecule has 0 bridgehead atoms. The van der Waals surface area contributed by atoms with E-state index in [1.54, 1.807) is 23.5 Å². The Labute approximate surface area is 180 Å². The molecule has 3 aromatic rings. The van der Waals surface area contributed by atoms with E-state index in [9.17, 15) is 9.18 Å². The molecule has 0 atom stereocenters. The van der Waals surface area contributed by atoms with Crippen molar-refractivity contribution >= 4 is 17.2 Å². The molecule has 6 heteroatoms. The van der Waals surface area contributed by atoms with Crippen molar-refractivity contribution in [2.45, 2.75) is 38.8 Å². The van der Waals surface area contributed by atoms with Gasteiger partial charge in [0.25, 0.3) is 5.91 Å². The van der Waals surface area contributed by atoms with Crippen LogP contribution in [-0.4, -0.2) is 28.9 Å². The number of piperidine rings is 1. The van der Waals surface area contributed by atoms with E-state index in [1.165, 1.54) is 17.7 Å². The lowest BCUT2D eigenvalue weighted by atomic mass is 9.89. The van der Waals surface area contributed by atoms with E-state index in [0.29, 0.717) is 12.1 Å². The number of hydrogen-bond acceptors (Lipinski definition) is 4. The summed E-state index contributed by atoms with van der Waals surface area (Å²) in [7, 11) is 0. The molecular weight excluding hydrogens is 397 g/mol. The standard InChI is InChI=1S/C24H26FN3OS/c1-17-5-6-22(24(29)26-14-18-3-2-4-21(25)13-18)23(27-17)20-7-10-28(11-8-20)15-19-9-12-30-16-19/h2-6,9,12-13,16,20H,7-8,10-11,14-15H2,1H3,(H,26,29). The quantitative estimate of drug-likeness (QED) is 0.613. The minimum absolute atomic E-state index is 0.150. The summed E-state index contributed by atoms with van der Waals surface area (Å²) >= 11 is 1.73. The number of hydrogen-bond donors (Lipinski definition) is 1. The molecule has 3 heterocycles. The number of rotatable bonds is 6. The molecule has 4 rings (SSSR count). The second-order valence-electron chi connectivity index (χ2n) is 7.88. The van der Waals surface area contributed by atoms with Crippen LogP contribution in [0, 0.1) is 12.7 Å². The monoisotopic (exact) mass is 423 g/mol. The summed E-state index contributed by atoms with van der Waals surface area (Å²) in [6, 6.07) is 12.2. The molecule has 30 heavy (non-hydrogen) atoms. The Bertz CT molecular complexity index is 997. The highest BCUT2D eigenvalue weighted by Crippen LogP contribution is 2.30. The summed E-state index contributed by atoms with van der Waals surface area (Å²) in [5.41, 5.74) is 4.55. The first-order valence-corrected chi connectivity index (χ1v) is 11.3. The highest BCUT2D eigenvalue weighted by Gasteiger charge is 2.26. The van der Waals surface area contributed by atoms with E-state index in [0.717, 1.165) is 49.4 Å². The van der Waals surface area contributed by atoms with Crippen LogP contribution < -0.4 is 5.32 Å². The molecule has 0 unspecified atom stereocenters. The molecule has 1 aromatic carbocycles. The SMILES string of the molecule is Cc1ccc(C(=O)NCc2cccc(F)c2)c(C2CCN(Cc3ccsc3)CC2)n1. The topological polar surface area (TPSA) is 45.2 Å². The summed E-state index contributed by atoms with van der Waals surface area (Å²) in [4.78, 5) is 20.1. The van der Waals surface area contributed by atoms with Gasteiger partial charge >= 0.3 is 0 Å². The zero-order chi connectivity index (χ0) is 20.9. The van der Waals surface area contributed by atoms with Crippen LogP contribution in [-0.2, 0) is 13.1 Å². The Balaban J connectivity index is 1.42. The minimum Gasteiger partial charge on any atom is -0.348 e. The highest BCUT2D eigenvalue weighted by atomic mass is 32.1. The van der Waals surface area contributed by atoms with Gasteiger partial charge in [0.2, 0.25) is 0 Å². The number of thiophene rings is 1. The fourth-order valence-corrected chi connectivity index (χ4v) is 4.67. The number of nitrogens with one attached hydrogen (secondary N) is 1. The van der Waals surface area contributed by atoms with Crippen LogP contribution in [0.1, 0.15) is 51.6 Å². The lowest BCUT2D eigenvalue weighted by Crippen LogP contribution is -2.33. The zero-order valence-corrected chi connectivity index (χ0v) is 17.9. The van der Waals surface area contributed by atoms with Crippen molar-refractivity contribution in [2.75, 3.05) is 13.1 Å². The molecule has 1 N–H and O–H groups in total. The van der Waals surface area contributed by atoms with Gasteiger partial charge in [-0.2, -0.15) is 11.3 Å². The summed E-state index contributed by atoms with van der Waals surface area (Å²) in [5.74, 6) is -0.172. The number of carbonyl (C=O) groups excluding carboxylic acids is 1. The summed E-state index contributed by atoms with van der Waals surface area (Å²) in [5, 5.41) is 7.25. The van der Waals surface area contributed by atoms with Crippen molar-refractivity contribution in [3.63, 3.8) is 0 Å². The van der Waals surface area contributed by atoms with Crippen LogP contribution in [0.15, 0.2) is 53.2 Å². The van der Waals surface area contributed by atoms with Crippen LogP contribution in [0.25, 0.3) is 0 Å². The molecule has 156 valence electrons. The maximum Gasteiger partial charge on any atom is 0.253 e. The van der Waals surface area contributed by atoms with E-state index in [1.807, 2.05) is 19.1 Å². The number of halogens is 1. The van der Waals surface area contributed by atoms with Gasteiger partial charge in [0.1, 0.15) is 5.82 Å². The Hall–Kier alpha value is -2.57. The van der Waals surface area contributed by atoms with Crippen molar-refractivity contribution in [2.24, 2.45) is 0 Å². The third kappa shape index (κ3) is 5.12. The van der Waals surface area contributed by atoms with E-state index >= 15 is 0 Å². The zero-order valence-electron chi connectivity index (χ0n) is 17.1. The maximum absolute atomic E-state index is 13.4. The summed E-state index contributed by atoms with van der Waals surface area (Å²) in [6.45, 7) is 5.24. The fourth-order valence-electron chi connectivity index (χ4n) is 4.01. The molecule has 1 amide bonds. The molecule has 1 saturated heterocycles. The predicted molar refractivity (Wildman–Crippen MR) is 118 cm³/mol. The molecule has 1 fully saturated rings. The summed E-state index contributed by atoms with van der Waals surface area (Å²) < 4.78 is 13.4. The van der Waals surface area contributed by atoms with Gasteiger partial charge in [-0.25, -0.2) is 4.39 Å². The molecule has 0 radical (unpaired) electrons. The summed E-state index contributed by atoms with van der Waals surface area (Å²) in [6.07, 6.45) is 1.98. The Morgan fingerprint density at radius 1 is 1.20 bits per heavy atom. The normalized spacial score (nSPS) is 15.3. The second kappa shape index (κ2) is 9.49. The van der Waals surface area contributed by atoms with Crippen LogP contribution in [0.4, 0.5) is 4.39 Å². The van der Waals surface area contributed by atoms with Gasteiger partial charge in [-0.15, -0.1) is 0 Å². The third-order valence-electron chi connectivity index (χ3n) is 5.61. The Morgan fingerprint density at radius 2 is 2.03 bits per heavy atom. The van der Waals surface area contributed by atoms with Crippen LogP contribution in [0.3, 0.4) is 0 Å². The number of carbonyl (C=O) groups is 1. The van der Waals surface area contributed by atoms with E-state index in [-0.39, 0.29) is 17.6 Å². The van der Waals surface area contributed by atoms with Gasteiger partial charge in [0, 0.05) is 24.7 Å². The fraction of sp³-hybridized carbons (Fsp3) is 0.333. The van der Waals surface area contributed by atoms with Crippen molar-refractivity contribution < 1.29 is 9.18 Å². The average Bonchev–Trinajstić information content (AvgIpc) is 3.26. The van der Waals surface area contributed by atoms with E-state index < -0.39 is 0 Å². The van der Waals surface area contributed by atoms with Crippen molar-refractivity contribution in [3.8, 4) is 0 Å². The molecule has 2 aromatic heterocycles. The molecule has 0 spiro atoms. The molecule has 0 saturated carbocycles. The van der Waals surface area contributed by atoms with Gasteiger partial charge in [-0.05, 0) is 85.1 Å². The Morgan fingerprint density at radius 3 is 2.77 bits per heavy atom. The van der Waals surface area contributed by atoms with Crippen molar-refractivity contribution in [1.29, 1.82) is 0 Å². The van der Waals surface area contributed by atoms with E-state index in [4.69, 9.17) is 4.98 Å². The number of benzene rings is 1. The van der Waals surface area contributed by atoms with Gasteiger partial charge < -0.3 is 5.32 Å². The lowest BCUT2D eigenvalue weighted by molar-refractivity contribution is 0.0948.